The van der Waals surface area contributed by atoms with Crippen molar-refractivity contribution in [1.82, 2.24) is 0 Å². The lowest BCUT2D eigenvalue weighted by molar-refractivity contribution is 0.0848. The van der Waals surface area contributed by atoms with Crippen molar-refractivity contribution in [3.8, 4) is 5.75 Å². The highest BCUT2D eigenvalue weighted by Gasteiger charge is 2.14. The van der Waals surface area contributed by atoms with Gasteiger partial charge in [0, 0.05) is 19.1 Å². The lowest BCUT2D eigenvalue weighted by atomic mass is 10.1. The Morgan fingerprint density at radius 1 is 1.57 bits per heavy atom. The maximum absolute atomic E-state index is 11.5. The van der Waals surface area contributed by atoms with Crippen LogP contribution in [0.2, 0.25) is 0 Å². The molecule has 74 valence electrons. The number of rotatable bonds is 3. The zero-order chi connectivity index (χ0) is 9.97. The molecule has 0 saturated heterocycles. The number of benzene rings is 1. The molecule has 14 heavy (non-hydrogen) atoms. The molecule has 0 spiro atoms. The van der Waals surface area contributed by atoms with Crippen LogP contribution in [0.5, 0.6) is 5.75 Å². The van der Waals surface area contributed by atoms with Gasteiger partial charge in [-0.3, -0.25) is 4.79 Å². The minimum absolute atomic E-state index is 0.0159. The highest BCUT2D eigenvalue weighted by atomic mass is 16.5. The molecule has 3 heteroatoms. The molecule has 2 rings (SSSR count). The van der Waals surface area contributed by atoms with Crippen LogP contribution < -0.4 is 4.74 Å². The van der Waals surface area contributed by atoms with Crippen molar-refractivity contribution in [2.24, 2.45) is 0 Å². The third-order valence-corrected chi connectivity index (χ3v) is 2.29. The average molecular weight is 192 g/mol. The van der Waals surface area contributed by atoms with Crippen LogP contribution in [0.1, 0.15) is 15.9 Å². The predicted molar refractivity (Wildman–Crippen MR) is 51.8 cm³/mol. The average Bonchev–Trinajstić information content (AvgIpc) is 2.64. The first-order chi connectivity index (χ1) is 6.81. The van der Waals surface area contributed by atoms with Crippen LogP contribution in [0, 0.1) is 0 Å². The van der Waals surface area contributed by atoms with Crippen LogP contribution in [0.4, 0.5) is 0 Å². The first-order valence-corrected chi connectivity index (χ1v) is 4.59. The van der Waals surface area contributed by atoms with E-state index in [2.05, 4.69) is 0 Å². The minimum atomic E-state index is 0.0159. The molecule has 0 radical (unpaired) electrons. The molecule has 3 nitrogen and oxygen atoms in total. The molecule has 0 amide bonds. The Morgan fingerprint density at radius 3 is 3.21 bits per heavy atom. The fourth-order valence-corrected chi connectivity index (χ4v) is 1.57. The van der Waals surface area contributed by atoms with Crippen molar-refractivity contribution in [2.75, 3.05) is 20.3 Å². The van der Waals surface area contributed by atoms with Gasteiger partial charge in [0.05, 0.1) is 6.61 Å². The maximum Gasteiger partial charge on any atom is 0.188 e. The number of methoxy groups -OCH3 is 1. The third kappa shape index (κ3) is 1.63. The van der Waals surface area contributed by atoms with E-state index in [9.17, 15) is 4.79 Å². The smallest absolute Gasteiger partial charge is 0.188 e. The van der Waals surface area contributed by atoms with Crippen LogP contribution in [-0.2, 0) is 11.2 Å². The van der Waals surface area contributed by atoms with Crippen molar-refractivity contribution < 1.29 is 14.3 Å². The molecule has 1 aliphatic heterocycles. The van der Waals surface area contributed by atoms with E-state index in [-0.39, 0.29) is 12.4 Å². The zero-order valence-corrected chi connectivity index (χ0v) is 8.08. The van der Waals surface area contributed by atoms with E-state index in [1.165, 1.54) is 7.11 Å². The Hall–Kier alpha value is -1.35. The zero-order valence-electron chi connectivity index (χ0n) is 8.08. The maximum atomic E-state index is 11.5. The van der Waals surface area contributed by atoms with Crippen molar-refractivity contribution in [2.45, 2.75) is 6.42 Å². The van der Waals surface area contributed by atoms with Crippen molar-refractivity contribution in [1.29, 1.82) is 0 Å². The quantitative estimate of drug-likeness (QED) is 0.680. The van der Waals surface area contributed by atoms with Crippen molar-refractivity contribution >= 4 is 5.78 Å². The molecule has 0 bridgehead atoms. The van der Waals surface area contributed by atoms with Gasteiger partial charge in [-0.15, -0.1) is 0 Å². The van der Waals surface area contributed by atoms with Gasteiger partial charge in [-0.2, -0.15) is 0 Å². The first kappa shape index (κ1) is 9.21. The summed E-state index contributed by atoms with van der Waals surface area (Å²) in [7, 11) is 1.52. The van der Waals surface area contributed by atoms with Crippen LogP contribution in [0.15, 0.2) is 18.2 Å². The molecular formula is C11H12O3. The summed E-state index contributed by atoms with van der Waals surface area (Å²) in [6.07, 6.45) is 0.892. The van der Waals surface area contributed by atoms with E-state index in [1.54, 1.807) is 6.07 Å². The van der Waals surface area contributed by atoms with Gasteiger partial charge in [0.15, 0.2) is 5.78 Å². The number of hydrogen-bond donors (Lipinski definition) is 0. The summed E-state index contributed by atoms with van der Waals surface area (Å²) in [4.78, 5) is 11.5. The third-order valence-electron chi connectivity index (χ3n) is 2.29. The summed E-state index contributed by atoms with van der Waals surface area (Å²) < 4.78 is 10.1. The Balaban J connectivity index is 2.24. The van der Waals surface area contributed by atoms with Gasteiger partial charge < -0.3 is 9.47 Å². The molecule has 0 aliphatic carbocycles. The topological polar surface area (TPSA) is 35.5 Å². The lowest BCUT2D eigenvalue weighted by Gasteiger charge is -2.02. The molecule has 1 aliphatic rings. The van der Waals surface area contributed by atoms with Crippen molar-refractivity contribution in [3.63, 3.8) is 0 Å². The second-order valence-electron chi connectivity index (χ2n) is 3.28. The molecule has 1 aromatic carbocycles. The van der Waals surface area contributed by atoms with Crippen LogP contribution >= 0.6 is 0 Å². The number of carbonyl (C=O) groups is 1. The Kier molecular flexibility index (Phi) is 2.50. The van der Waals surface area contributed by atoms with E-state index in [1.807, 2.05) is 12.1 Å². The second kappa shape index (κ2) is 3.80. The van der Waals surface area contributed by atoms with Gasteiger partial charge in [0.1, 0.15) is 12.4 Å². The largest absolute Gasteiger partial charge is 0.493 e. The number of fused-ring (bicyclic) bond motifs is 1. The summed E-state index contributed by atoms with van der Waals surface area (Å²) in [5.74, 6) is 0.918. The second-order valence-corrected chi connectivity index (χ2v) is 3.28. The molecule has 0 atom stereocenters. The van der Waals surface area contributed by atoms with E-state index in [0.717, 1.165) is 24.3 Å². The Bertz CT molecular complexity index is 358. The fourth-order valence-electron chi connectivity index (χ4n) is 1.57. The summed E-state index contributed by atoms with van der Waals surface area (Å²) >= 11 is 0. The highest BCUT2D eigenvalue weighted by molar-refractivity contribution is 5.97. The predicted octanol–water partition coefficient (Wildman–Crippen LogP) is 1.45. The van der Waals surface area contributed by atoms with E-state index in [4.69, 9.17) is 9.47 Å². The molecule has 0 saturated carbocycles. The molecule has 0 fully saturated rings. The van der Waals surface area contributed by atoms with Gasteiger partial charge in [-0.25, -0.2) is 0 Å². The van der Waals surface area contributed by atoms with Gasteiger partial charge in [-0.1, -0.05) is 0 Å². The molecular weight excluding hydrogens is 180 g/mol. The van der Waals surface area contributed by atoms with E-state index < -0.39 is 0 Å². The molecule has 1 heterocycles. The van der Waals surface area contributed by atoms with Gasteiger partial charge >= 0.3 is 0 Å². The highest BCUT2D eigenvalue weighted by Crippen LogP contribution is 2.25. The number of carbonyl (C=O) groups excluding carboxylic acids is 1. The summed E-state index contributed by atoms with van der Waals surface area (Å²) in [6.45, 7) is 0.858. The normalized spacial score (nSPS) is 13.5. The lowest BCUT2D eigenvalue weighted by Crippen LogP contribution is -2.06. The first-order valence-electron chi connectivity index (χ1n) is 4.59. The number of Topliss-reactive ketones (excluding diaryl/α,β-unsaturated/α-hetero) is 1. The van der Waals surface area contributed by atoms with Crippen LogP contribution in [0.25, 0.3) is 0 Å². The molecule has 0 aromatic heterocycles. The summed E-state index contributed by atoms with van der Waals surface area (Å²) in [5, 5.41) is 0. The van der Waals surface area contributed by atoms with Gasteiger partial charge in [0.2, 0.25) is 0 Å². The van der Waals surface area contributed by atoms with Crippen LogP contribution in [0.3, 0.4) is 0 Å². The van der Waals surface area contributed by atoms with Crippen LogP contribution in [-0.4, -0.2) is 26.1 Å². The van der Waals surface area contributed by atoms with Crippen molar-refractivity contribution in [3.05, 3.63) is 29.3 Å². The number of ether oxygens (including phenoxy) is 2. The fraction of sp³-hybridized carbons (Fsp3) is 0.364. The summed E-state index contributed by atoms with van der Waals surface area (Å²) in [5.41, 5.74) is 1.82. The van der Waals surface area contributed by atoms with Gasteiger partial charge in [-0.05, 0) is 23.8 Å². The SMILES string of the molecule is COCC(=O)c1ccc2c(c1)CCO2. The van der Waals surface area contributed by atoms with E-state index in [0.29, 0.717) is 5.56 Å². The Morgan fingerprint density at radius 2 is 2.43 bits per heavy atom. The molecule has 1 aromatic rings. The van der Waals surface area contributed by atoms with E-state index >= 15 is 0 Å². The molecule has 0 unspecified atom stereocenters. The summed E-state index contributed by atoms with van der Waals surface area (Å²) in [6, 6.07) is 5.53. The Labute approximate surface area is 82.6 Å². The minimum Gasteiger partial charge on any atom is -0.493 e. The monoisotopic (exact) mass is 192 g/mol. The molecule has 0 N–H and O–H groups in total. The number of ketones is 1. The van der Waals surface area contributed by atoms with Gasteiger partial charge in [0.25, 0.3) is 0 Å². The number of hydrogen-bond acceptors (Lipinski definition) is 3. The standard InChI is InChI=1S/C11H12O3/c1-13-7-10(12)8-2-3-11-9(6-8)4-5-14-11/h2-3,6H,4-5,7H2,1H3.